The zero-order chi connectivity index (χ0) is 27.2. The van der Waals surface area contributed by atoms with E-state index in [1.54, 1.807) is 30.0 Å². The SMILES string of the molecule is CCOC(=O)COc1c(Br)cc(/C=C2/SC(=O)N(CC(=O)N3CCN(c4ccccc4)CC3)C2=O)cc1Br. The monoisotopic (exact) mass is 665 g/mol. The summed E-state index contributed by atoms with van der Waals surface area (Å²) in [6.45, 7) is 3.83. The van der Waals surface area contributed by atoms with Crippen LogP contribution in [0.4, 0.5) is 10.5 Å². The summed E-state index contributed by atoms with van der Waals surface area (Å²) in [5.41, 5.74) is 1.73. The summed E-state index contributed by atoms with van der Waals surface area (Å²) in [6, 6.07) is 13.4. The number of benzene rings is 2. The molecular formula is C26H25Br2N3O6S. The van der Waals surface area contributed by atoms with Gasteiger partial charge in [0.25, 0.3) is 11.1 Å². The van der Waals surface area contributed by atoms with Gasteiger partial charge in [-0.25, -0.2) is 4.79 Å². The number of rotatable bonds is 8. The number of carbonyl (C=O) groups excluding carboxylic acids is 4. The molecule has 0 unspecified atom stereocenters. The lowest BCUT2D eigenvalue weighted by Crippen LogP contribution is -2.51. The van der Waals surface area contributed by atoms with Crippen molar-refractivity contribution in [1.29, 1.82) is 0 Å². The Bertz CT molecular complexity index is 1240. The molecule has 4 rings (SSSR count). The largest absolute Gasteiger partial charge is 0.480 e. The first-order valence-corrected chi connectivity index (χ1v) is 14.3. The minimum Gasteiger partial charge on any atom is -0.480 e. The van der Waals surface area contributed by atoms with E-state index in [1.807, 2.05) is 30.3 Å². The predicted octanol–water partition coefficient (Wildman–Crippen LogP) is 4.54. The molecule has 12 heteroatoms. The highest BCUT2D eigenvalue weighted by Gasteiger charge is 2.37. The zero-order valence-corrected chi connectivity index (χ0v) is 24.5. The Hall–Kier alpha value is -2.83. The number of nitrogens with zero attached hydrogens (tertiary/aromatic N) is 3. The van der Waals surface area contributed by atoms with Crippen LogP contribution in [0.5, 0.6) is 5.75 Å². The number of hydrogen-bond donors (Lipinski definition) is 0. The van der Waals surface area contributed by atoms with Crippen molar-refractivity contribution < 1.29 is 28.7 Å². The second-order valence-corrected chi connectivity index (χ2v) is 11.1. The summed E-state index contributed by atoms with van der Waals surface area (Å²) < 4.78 is 11.5. The molecule has 2 aromatic carbocycles. The minimum absolute atomic E-state index is 0.218. The van der Waals surface area contributed by atoms with E-state index in [0.29, 0.717) is 46.4 Å². The van der Waals surface area contributed by atoms with Crippen molar-refractivity contribution in [2.24, 2.45) is 0 Å². The van der Waals surface area contributed by atoms with Crippen molar-refractivity contribution in [3.8, 4) is 5.75 Å². The molecule has 0 spiro atoms. The Kier molecular flexibility index (Phi) is 9.50. The van der Waals surface area contributed by atoms with Crippen LogP contribution in [0, 0.1) is 0 Å². The quantitative estimate of drug-likeness (QED) is 0.300. The number of thioether (sulfide) groups is 1. The van der Waals surface area contributed by atoms with Crippen LogP contribution < -0.4 is 9.64 Å². The second-order valence-electron chi connectivity index (χ2n) is 8.38. The number of imide groups is 1. The van der Waals surface area contributed by atoms with Gasteiger partial charge >= 0.3 is 5.97 Å². The van der Waals surface area contributed by atoms with E-state index in [9.17, 15) is 19.2 Å². The third kappa shape index (κ3) is 6.78. The van der Waals surface area contributed by atoms with Gasteiger partial charge in [-0.15, -0.1) is 0 Å². The smallest absolute Gasteiger partial charge is 0.344 e. The Morgan fingerprint density at radius 3 is 2.32 bits per heavy atom. The third-order valence-electron chi connectivity index (χ3n) is 5.88. The molecule has 2 fully saturated rings. The molecule has 0 aliphatic carbocycles. The number of ether oxygens (including phenoxy) is 2. The zero-order valence-electron chi connectivity index (χ0n) is 20.5. The average molecular weight is 667 g/mol. The van der Waals surface area contributed by atoms with E-state index in [1.165, 1.54) is 0 Å². The van der Waals surface area contributed by atoms with Crippen LogP contribution in [-0.2, 0) is 19.1 Å². The second kappa shape index (κ2) is 12.8. The van der Waals surface area contributed by atoms with Crippen molar-refractivity contribution in [2.45, 2.75) is 6.92 Å². The summed E-state index contributed by atoms with van der Waals surface area (Å²) >= 11 is 7.62. The molecule has 0 aromatic heterocycles. The molecule has 2 aromatic rings. The van der Waals surface area contributed by atoms with Gasteiger partial charge in [-0.1, -0.05) is 18.2 Å². The maximum Gasteiger partial charge on any atom is 0.344 e. The van der Waals surface area contributed by atoms with Gasteiger partial charge in [0, 0.05) is 31.9 Å². The summed E-state index contributed by atoms with van der Waals surface area (Å²) in [5.74, 6) is -0.848. The Morgan fingerprint density at radius 2 is 1.68 bits per heavy atom. The number of anilines is 1. The molecule has 0 N–H and O–H groups in total. The Balaban J connectivity index is 1.37. The standard InChI is InChI=1S/C26H25Br2N3O6S/c1-2-36-23(33)16-37-24-19(27)12-17(13-20(24)28)14-21-25(34)31(26(35)38-21)15-22(32)30-10-8-29(9-11-30)18-6-4-3-5-7-18/h3-7,12-14H,2,8-11,15-16H2,1H3/b21-14+. The van der Waals surface area contributed by atoms with Gasteiger partial charge in [-0.2, -0.15) is 0 Å². The molecule has 2 heterocycles. The van der Waals surface area contributed by atoms with E-state index >= 15 is 0 Å². The lowest BCUT2D eigenvalue weighted by Gasteiger charge is -2.36. The summed E-state index contributed by atoms with van der Waals surface area (Å²) in [6.07, 6.45) is 1.58. The van der Waals surface area contributed by atoms with Crippen molar-refractivity contribution in [3.63, 3.8) is 0 Å². The first-order chi connectivity index (χ1) is 18.3. The van der Waals surface area contributed by atoms with Crippen LogP contribution in [0.2, 0.25) is 0 Å². The van der Waals surface area contributed by atoms with E-state index in [2.05, 4.69) is 36.8 Å². The van der Waals surface area contributed by atoms with Gasteiger partial charge < -0.3 is 19.3 Å². The minimum atomic E-state index is -0.508. The lowest BCUT2D eigenvalue weighted by molar-refractivity contribution is -0.145. The van der Waals surface area contributed by atoms with Crippen molar-refractivity contribution in [3.05, 3.63) is 61.9 Å². The predicted molar refractivity (Wildman–Crippen MR) is 152 cm³/mol. The molecule has 0 atom stereocenters. The fourth-order valence-corrected chi connectivity index (χ4v) is 6.30. The first-order valence-electron chi connectivity index (χ1n) is 11.9. The fraction of sp³-hybridized carbons (Fsp3) is 0.308. The number of piperazine rings is 1. The molecule has 2 saturated heterocycles. The number of halogens is 2. The number of carbonyl (C=O) groups is 4. The van der Waals surface area contributed by atoms with Crippen LogP contribution in [0.25, 0.3) is 6.08 Å². The highest BCUT2D eigenvalue weighted by molar-refractivity contribution is 9.11. The molecule has 38 heavy (non-hydrogen) atoms. The molecular weight excluding hydrogens is 642 g/mol. The number of hydrogen-bond acceptors (Lipinski definition) is 8. The number of esters is 1. The summed E-state index contributed by atoms with van der Waals surface area (Å²) in [4.78, 5) is 55.2. The van der Waals surface area contributed by atoms with Gasteiger partial charge in [0.2, 0.25) is 5.91 Å². The average Bonchev–Trinajstić information content (AvgIpc) is 3.16. The van der Waals surface area contributed by atoms with E-state index in [4.69, 9.17) is 9.47 Å². The van der Waals surface area contributed by atoms with Gasteiger partial charge in [-0.3, -0.25) is 19.3 Å². The highest BCUT2D eigenvalue weighted by Crippen LogP contribution is 2.37. The van der Waals surface area contributed by atoms with Crippen LogP contribution in [0.1, 0.15) is 12.5 Å². The first kappa shape index (κ1) is 28.2. The van der Waals surface area contributed by atoms with Crippen LogP contribution >= 0.6 is 43.6 Å². The maximum atomic E-state index is 13.0. The molecule has 0 saturated carbocycles. The van der Waals surface area contributed by atoms with Crippen LogP contribution in [0.15, 0.2) is 56.3 Å². The molecule has 9 nitrogen and oxygen atoms in total. The van der Waals surface area contributed by atoms with E-state index < -0.39 is 17.1 Å². The highest BCUT2D eigenvalue weighted by atomic mass is 79.9. The molecule has 200 valence electrons. The van der Waals surface area contributed by atoms with Crippen molar-refractivity contribution in [1.82, 2.24) is 9.80 Å². The molecule has 2 aliphatic heterocycles. The molecule has 0 bridgehead atoms. The number of amides is 3. The summed E-state index contributed by atoms with van der Waals surface area (Å²) in [5, 5.41) is -0.481. The van der Waals surface area contributed by atoms with E-state index in [0.717, 1.165) is 22.3 Å². The molecule has 3 amide bonds. The van der Waals surface area contributed by atoms with Crippen LogP contribution in [0.3, 0.4) is 0 Å². The van der Waals surface area contributed by atoms with Gasteiger partial charge in [0.15, 0.2) is 6.61 Å². The van der Waals surface area contributed by atoms with Crippen molar-refractivity contribution >= 4 is 78.4 Å². The summed E-state index contributed by atoms with van der Waals surface area (Å²) in [7, 11) is 0. The molecule has 0 radical (unpaired) electrons. The normalized spacial score (nSPS) is 16.8. The maximum absolute atomic E-state index is 13.0. The van der Waals surface area contributed by atoms with Crippen LogP contribution in [-0.4, -0.2) is 78.8 Å². The number of para-hydroxylation sites is 1. The fourth-order valence-electron chi connectivity index (χ4n) is 4.01. The van der Waals surface area contributed by atoms with Gasteiger partial charge in [-0.05, 0) is 86.5 Å². The van der Waals surface area contributed by atoms with Gasteiger partial charge in [0.05, 0.1) is 20.5 Å². The Morgan fingerprint density at radius 1 is 1.03 bits per heavy atom. The molecule has 2 aliphatic rings. The Labute approximate surface area is 241 Å². The topological polar surface area (TPSA) is 96.5 Å². The van der Waals surface area contributed by atoms with Gasteiger partial charge in [0.1, 0.15) is 12.3 Å². The third-order valence-corrected chi connectivity index (χ3v) is 7.96. The lowest BCUT2D eigenvalue weighted by atomic mass is 10.2. The van der Waals surface area contributed by atoms with E-state index in [-0.39, 0.29) is 30.6 Å². The van der Waals surface area contributed by atoms with Crippen molar-refractivity contribution in [2.75, 3.05) is 50.8 Å².